The van der Waals surface area contributed by atoms with Crippen LogP contribution in [0.4, 0.5) is 0 Å². The van der Waals surface area contributed by atoms with Gasteiger partial charge in [-0.25, -0.2) is 0 Å². The highest BCUT2D eigenvalue weighted by molar-refractivity contribution is 6.30. The fraction of sp³-hybridized carbons (Fsp3) is 0.429. The number of hydrogen-bond acceptors (Lipinski definition) is 2. The molecule has 0 bridgehead atoms. The first-order valence-corrected chi connectivity index (χ1v) is 6.26. The lowest BCUT2D eigenvalue weighted by molar-refractivity contribution is 0.228. The largest absolute Gasteiger partial charge is 0.488 e. The standard InChI is InChI=1S/C14H16ClNO/c1-2-3-4-7-16-10-13-9-11-8-12(15)5-6-14(11)17-13/h1,5-6,8,13,16H,3-4,7,9-10H2. The summed E-state index contributed by atoms with van der Waals surface area (Å²) >= 11 is 5.94. The van der Waals surface area contributed by atoms with Gasteiger partial charge in [0, 0.05) is 24.4 Å². The Kier molecular flexibility index (Phi) is 4.30. The number of fused-ring (bicyclic) bond motifs is 1. The Bertz CT molecular complexity index is 425. The first-order valence-electron chi connectivity index (χ1n) is 5.89. The Balaban J connectivity index is 1.75. The molecule has 0 amide bonds. The molecule has 1 aromatic rings. The number of terminal acetylenes is 1. The van der Waals surface area contributed by atoms with E-state index in [0.717, 1.165) is 43.1 Å². The molecule has 2 rings (SSSR count). The summed E-state index contributed by atoms with van der Waals surface area (Å²) in [4.78, 5) is 0. The van der Waals surface area contributed by atoms with Crippen LogP contribution in [-0.2, 0) is 6.42 Å². The molecule has 17 heavy (non-hydrogen) atoms. The van der Waals surface area contributed by atoms with Crippen LogP contribution < -0.4 is 10.1 Å². The van der Waals surface area contributed by atoms with Crippen LogP contribution in [0.1, 0.15) is 18.4 Å². The van der Waals surface area contributed by atoms with Crippen molar-refractivity contribution in [2.45, 2.75) is 25.4 Å². The summed E-state index contributed by atoms with van der Waals surface area (Å²) < 4.78 is 5.81. The molecule has 0 saturated carbocycles. The molecule has 1 aliphatic rings. The molecule has 90 valence electrons. The van der Waals surface area contributed by atoms with E-state index in [2.05, 4.69) is 11.2 Å². The lowest BCUT2D eigenvalue weighted by atomic mass is 10.1. The van der Waals surface area contributed by atoms with Gasteiger partial charge >= 0.3 is 0 Å². The van der Waals surface area contributed by atoms with Crippen molar-refractivity contribution in [2.75, 3.05) is 13.1 Å². The summed E-state index contributed by atoms with van der Waals surface area (Å²) in [6.45, 7) is 1.80. The van der Waals surface area contributed by atoms with E-state index in [1.165, 1.54) is 5.56 Å². The minimum Gasteiger partial charge on any atom is -0.488 e. The number of benzene rings is 1. The van der Waals surface area contributed by atoms with Crippen molar-refractivity contribution in [3.05, 3.63) is 28.8 Å². The molecule has 2 nitrogen and oxygen atoms in total. The zero-order valence-electron chi connectivity index (χ0n) is 9.71. The molecule has 1 N–H and O–H groups in total. The molecule has 1 heterocycles. The van der Waals surface area contributed by atoms with Crippen LogP contribution in [-0.4, -0.2) is 19.2 Å². The number of ether oxygens (including phenoxy) is 1. The van der Waals surface area contributed by atoms with Crippen molar-refractivity contribution in [1.29, 1.82) is 0 Å². The van der Waals surface area contributed by atoms with Crippen molar-refractivity contribution >= 4 is 11.6 Å². The lowest BCUT2D eigenvalue weighted by Gasteiger charge is -2.11. The number of rotatable bonds is 5. The maximum atomic E-state index is 5.94. The summed E-state index contributed by atoms with van der Waals surface area (Å²) in [7, 11) is 0. The Morgan fingerprint density at radius 2 is 2.41 bits per heavy atom. The van der Waals surface area contributed by atoms with Crippen LogP contribution >= 0.6 is 11.6 Å². The average molecular weight is 250 g/mol. The number of nitrogens with one attached hydrogen (secondary N) is 1. The molecular weight excluding hydrogens is 234 g/mol. The zero-order chi connectivity index (χ0) is 12.1. The van der Waals surface area contributed by atoms with Gasteiger partial charge in [0.25, 0.3) is 0 Å². The monoisotopic (exact) mass is 249 g/mol. The molecule has 0 spiro atoms. The number of unbranched alkanes of at least 4 members (excludes halogenated alkanes) is 1. The zero-order valence-corrected chi connectivity index (χ0v) is 10.5. The molecule has 1 aromatic carbocycles. The Labute approximate surface area is 107 Å². The molecule has 0 fully saturated rings. The van der Waals surface area contributed by atoms with Gasteiger partial charge in [-0.15, -0.1) is 12.3 Å². The fourth-order valence-corrected chi connectivity index (χ4v) is 2.18. The second-order valence-electron chi connectivity index (χ2n) is 4.21. The van der Waals surface area contributed by atoms with Crippen LogP contribution in [0.5, 0.6) is 5.75 Å². The highest BCUT2D eigenvalue weighted by atomic mass is 35.5. The predicted molar refractivity (Wildman–Crippen MR) is 70.5 cm³/mol. The van der Waals surface area contributed by atoms with Gasteiger partial charge in [-0.05, 0) is 36.7 Å². The van der Waals surface area contributed by atoms with E-state index < -0.39 is 0 Å². The molecule has 0 radical (unpaired) electrons. The minimum absolute atomic E-state index is 0.217. The van der Waals surface area contributed by atoms with E-state index >= 15 is 0 Å². The van der Waals surface area contributed by atoms with Crippen LogP contribution in [0.2, 0.25) is 5.02 Å². The van der Waals surface area contributed by atoms with Gasteiger partial charge in [0.1, 0.15) is 11.9 Å². The highest BCUT2D eigenvalue weighted by Gasteiger charge is 2.22. The lowest BCUT2D eigenvalue weighted by Crippen LogP contribution is -2.30. The van der Waals surface area contributed by atoms with Crippen LogP contribution in [0.3, 0.4) is 0 Å². The first kappa shape index (κ1) is 12.3. The molecule has 0 saturated heterocycles. The third-order valence-electron chi connectivity index (χ3n) is 2.81. The first-order chi connectivity index (χ1) is 8.29. The van der Waals surface area contributed by atoms with Gasteiger partial charge in [-0.2, -0.15) is 0 Å². The van der Waals surface area contributed by atoms with E-state index in [1.807, 2.05) is 18.2 Å². The molecule has 0 aliphatic carbocycles. The molecule has 1 atom stereocenters. The van der Waals surface area contributed by atoms with E-state index in [9.17, 15) is 0 Å². The summed E-state index contributed by atoms with van der Waals surface area (Å²) in [5.74, 6) is 3.59. The van der Waals surface area contributed by atoms with Crippen molar-refractivity contribution in [3.63, 3.8) is 0 Å². The van der Waals surface area contributed by atoms with Crippen molar-refractivity contribution in [2.24, 2.45) is 0 Å². The Morgan fingerprint density at radius 3 is 3.24 bits per heavy atom. The molecule has 1 unspecified atom stereocenters. The second kappa shape index (κ2) is 5.95. The van der Waals surface area contributed by atoms with Gasteiger partial charge in [-0.3, -0.25) is 0 Å². The van der Waals surface area contributed by atoms with E-state index in [0.29, 0.717) is 0 Å². The average Bonchev–Trinajstić information content (AvgIpc) is 2.70. The Hall–Kier alpha value is -1.17. The fourth-order valence-electron chi connectivity index (χ4n) is 1.98. The van der Waals surface area contributed by atoms with Gasteiger partial charge in [0.05, 0.1) is 0 Å². The highest BCUT2D eigenvalue weighted by Crippen LogP contribution is 2.30. The Morgan fingerprint density at radius 1 is 1.53 bits per heavy atom. The number of halogens is 1. The third-order valence-corrected chi connectivity index (χ3v) is 3.05. The second-order valence-corrected chi connectivity index (χ2v) is 4.64. The maximum absolute atomic E-state index is 5.94. The van der Waals surface area contributed by atoms with Crippen LogP contribution in [0.15, 0.2) is 18.2 Å². The van der Waals surface area contributed by atoms with E-state index in [-0.39, 0.29) is 6.10 Å². The van der Waals surface area contributed by atoms with Crippen molar-refractivity contribution in [3.8, 4) is 18.1 Å². The van der Waals surface area contributed by atoms with Crippen molar-refractivity contribution in [1.82, 2.24) is 5.32 Å². The molecular formula is C14H16ClNO. The molecule has 1 aliphatic heterocycles. The predicted octanol–water partition coefficient (Wildman–Crippen LogP) is 2.65. The summed E-state index contributed by atoms with van der Waals surface area (Å²) in [6.07, 6.45) is 8.18. The summed E-state index contributed by atoms with van der Waals surface area (Å²) in [6, 6.07) is 5.79. The third kappa shape index (κ3) is 3.39. The van der Waals surface area contributed by atoms with E-state index in [1.54, 1.807) is 0 Å². The van der Waals surface area contributed by atoms with Crippen LogP contribution in [0, 0.1) is 12.3 Å². The van der Waals surface area contributed by atoms with E-state index in [4.69, 9.17) is 22.8 Å². The number of hydrogen-bond donors (Lipinski definition) is 1. The normalized spacial score (nSPS) is 17.3. The van der Waals surface area contributed by atoms with Crippen LogP contribution in [0.25, 0.3) is 0 Å². The quantitative estimate of drug-likeness (QED) is 0.640. The van der Waals surface area contributed by atoms with Gasteiger partial charge < -0.3 is 10.1 Å². The van der Waals surface area contributed by atoms with Gasteiger partial charge in [0.2, 0.25) is 0 Å². The van der Waals surface area contributed by atoms with Gasteiger partial charge in [-0.1, -0.05) is 11.6 Å². The topological polar surface area (TPSA) is 21.3 Å². The molecule has 0 aromatic heterocycles. The molecule has 3 heteroatoms. The summed E-state index contributed by atoms with van der Waals surface area (Å²) in [5.41, 5.74) is 1.20. The smallest absolute Gasteiger partial charge is 0.123 e. The SMILES string of the molecule is C#CCCCNCC1Cc2cc(Cl)ccc2O1. The maximum Gasteiger partial charge on any atom is 0.123 e. The summed E-state index contributed by atoms with van der Waals surface area (Å²) in [5, 5.41) is 4.13. The minimum atomic E-state index is 0.217. The van der Waals surface area contributed by atoms with Crippen molar-refractivity contribution < 1.29 is 4.74 Å². The van der Waals surface area contributed by atoms with Gasteiger partial charge in [0.15, 0.2) is 0 Å².